The highest BCUT2D eigenvalue weighted by atomic mass is 35.5. The number of aliphatic imine (C=N–C) groups is 1. The number of ketones is 1. The fourth-order valence-corrected chi connectivity index (χ4v) is 5.80. The number of aromatic hydroxyl groups is 1. The van der Waals surface area contributed by atoms with Crippen LogP contribution in [-0.4, -0.2) is 47.3 Å². The molecular weight excluding hydrogens is 510 g/mol. The summed E-state index contributed by atoms with van der Waals surface area (Å²) in [5.41, 5.74) is 3.47. The number of hydrogen-bond donors (Lipinski definition) is 1. The van der Waals surface area contributed by atoms with Gasteiger partial charge in [-0.1, -0.05) is 36.7 Å². The molecule has 8 heteroatoms. The second-order valence-corrected chi connectivity index (χ2v) is 11.0. The number of fused-ring (bicyclic) bond motifs is 1. The van der Waals surface area contributed by atoms with Gasteiger partial charge >= 0.3 is 5.97 Å². The van der Waals surface area contributed by atoms with Gasteiger partial charge in [0.1, 0.15) is 12.4 Å². The molecule has 1 fully saturated rings. The van der Waals surface area contributed by atoms with Crippen molar-refractivity contribution < 1.29 is 24.2 Å². The van der Waals surface area contributed by atoms with E-state index in [1.807, 2.05) is 31.2 Å². The highest BCUT2D eigenvalue weighted by Gasteiger charge is 2.46. The van der Waals surface area contributed by atoms with Crippen molar-refractivity contribution in [2.75, 3.05) is 24.7 Å². The molecule has 1 unspecified atom stereocenters. The van der Waals surface area contributed by atoms with Gasteiger partial charge in [-0.25, -0.2) is 4.79 Å². The number of halogens is 1. The summed E-state index contributed by atoms with van der Waals surface area (Å²) in [5.74, 6) is 0.371. The second-order valence-electron chi connectivity index (χ2n) is 9.17. The van der Waals surface area contributed by atoms with E-state index in [0.717, 1.165) is 17.0 Å². The summed E-state index contributed by atoms with van der Waals surface area (Å²) in [4.78, 5) is 31.9. The van der Waals surface area contributed by atoms with Crippen LogP contribution in [0.3, 0.4) is 0 Å². The summed E-state index contributed by atoms with van der Waals surface area (Å²) in [6.45, 7) is 6.35. The summed E-state index contributed by atoms with van der Waals surface area (Å²) < 4.78 is 11.3. The Morgan fingerprint density at radius 3 is 2.54 bits per heavy atom. The molecule has 0 radical (unpaired) electrons. The van der Waals surface area contributed by atoms with E-state index in [1.165, 1.54) is 0 Å². The number of nitrogens with zero attached hydrogens (tertiary/aromatic N) is 1. The van der Waals surface area contributed by atoms with Gasteiger partial charge < -0.3 is 14.6 Å². The number of rotatable bonds is 9. The molecule has 0 amide bonds. The van der Waals surface area contributed by atoms with Crippen LogP contribution in [0.1, 0.15) is 56.6 Å². The maximum atomic E-state index is 13.7. The van der Waals surface area contributed by atoms with Gasteiger partial charge in [-0.3, -0.25) is 9.79 Å². The van der Waals surface area contributed by atoms with Crippen LogP contribution in [0, 0.1) is 5.92 Å². The Labute approximate surface area is 227 Å². The van der Waals surface area contributed by atoms with E-state index >= 15 is 0 Å². The first-order chi connectivity index (χ1) is 17.8. The summed E-state index contributed by atoms with van der Waals surface area (Å²) in [6, 6.07) is 12.6. The average Bonchev–Trinajstić information content (AvgIpc) is 2.87. The zero-order valence-corrected chi connectivity index (χ0v) is 22.9. The van der Waals surface area contributed by atoms with E-state index < -0.39 is 17.8 Å². The number of phenols is 1. The smallest absolute Gasteiger partial charge is 0.336 e. The van der Waals surface area contributed by atoms with Crippen LogP contribution in [0.15, 0.2) is 58.7 Å². The van der Waals surface area contributed by atoms with E-state index in [-0.39, 0.29) is 24.1 Å². The molecule has 4 rings (SSSR count). The van der Waals surface area contributed by atoms with Crippen LogP contribution in [0.4, 0.5) is 0 Å². The van der Waals surface area contributed by atoms with E-state index in [1.54, 1.807) is 36.9 Å². The van der Waals surface area contributed by atoms with Crippen molar-refractivity contribution in [3.63, 3.8) is 0 Å². The number of hydrogen-bond acceptors (Lipinski definition) is 7. The van der Waals surface area contributed by atoms with Crippen LogP contribution in [0.25, 0.3) is 0 Å². The molecule has 0 bridgehead atoms. The van der Waals surface area contributed by atoms with Gasteiger partial charge in [-0.05, 0) is 67.3 Å². The highest BCUT2D eigenvalue weighted by molar-refractivity contribution is 7.99. The van der Waals surface area contributed by atoms with Gasteiger partial charge in [0.05, 0.1) is 18.1 Å². The number of benzene rings is 2. The summed E-state index contributed by atoms with van der Waals surface area (Å²) >= 11 is 7.77. The van der Waals surface area contributed by atoms with Crippen molar-refractivity contribution in [1.29, 1.82) is 0 Å². The van der Waals surface area contributed by atoms with Gasteiger partial charge in [0, 0.05) is 34.5 Å². The first kappa shape index (κ1) is 27.3. The summed E-state index contributed by atoms with van der Waals surface area (Å²) in [5, 5.41) is 10.9. The zero-order valence-electron chi connectivity index (χ0n) is 21.3. The Kier molecular flexibility index (Phi) is 8.98. The molecule has 37 heavy (non-hydrogen) atoms. The van der Waals surface area contributed by atoms with Crippen LogP contribution in [0.2, 0.25) is 5.02 Å². The lowest BCUT2D eigenvalue weighted by atomic mass is 9.66. The minimum absolute atomic E-state index is 0.00779. The highest BCUT2D eigenvalue weighted by Crippen LogP contribution is 2.47. The first-order valence-electron chi connectivity index (χ1n) is 12.6. The van der Waals surface area contributed by atoms with E-state index in [0.29, 0.717) is 52.8 Å². The molecule has 3 atom stereocenters. The molecule has 1 aliphatic carbocycles. The minimum atomic E-state index is -0.584. The Balaban J connectivity index is 1.74. The predicted molar refractivity (Wildman–Crippen MR) is 148 cm³/mol. The Morgan fingerprint density at radius 1 is 1.11 bits per heavy atom. The van der Waals surface area contributed by atoms with Crippen LogP contribution in [-0.2, 0) is 14.3 Å². The summed E-state index contributed by atoms with van der Waals surface area (Å²) in [7, 11) is 0. The molecule has 1 N–H and O–H groups in total. The lowest BCUT2D eigenvalue weighted by Gasteiger charge is -2.38. The quantitative estimate of drug-likeness (QED) is 0.295. The number of ether oxygens (including phenoxy) is 2. The number of thioether (sulfide) groups is 1. The lowest BCUT2D eigenvalue weighted by molar-refractivity contribution is -0.139. The van der Waals surface area contributed by atoms with Crippen molar-refractivity contribution >= 4 is 40.8 Å². The number of carbonyl (C=O) groups is 2. The average molecular weight is 542 g/mol. The molecular formula is C29H32ClNO5S. The molecule has 2 aromatic carbocycles. The second kappa shape index (κ2) is 12.2. The van der Waals surface area contributed by atoms with Gasteiger partial charge in [0.25, 0.3) is 0 Å². The lowest BCUT2D eigenvalue weighted by Crippen LogP contribution is -2.41. The third-order valence-electron chi connectivity index (χ3n) is 6.82. The minimum Gasteiger partial charge on any atom is -0.504 e. The van der Waals surface area contributed by atoms with E-state index in [4.69, 9.17) is 26.1 Å². The predicted octanol–water partition coefficient (Wildman–Crippen LogP) is 6.32. The van der Waals surface area contributed by atoms with Gasteiger partial charge in [0.15, 0.2) is 11.5 Å². The summed E-state index contributed by atoms with van der Waals surface area (Å²) in [6.07, 6.45) is 0.949. The molecule has 2 aliphatic rings. The van der Waals surface area contributed by atoms with Gasteiger partial charge in [0.2, 0.25) is 0 Å². The number of phenolic OH excluding ortho intramolecular Hbond substituents is 1. The maximum absolute atomic E-state index is 13.7. The number of carbonyl (C=O) groups excluding carboxylic acids is 2. The third-order valence-corrected chi connectivity index (χ3v) is 7.94. The monoisotopic (exact) mass is 541 g/mol. The van der Waals surface area contributed by atoms with Crippen LogP contribution < -0.4 is 4.74 Å². The molecule has 0 saturated heterocycles. The van der Waals surface area contributed by atoms with Gasteiger partial charge in [-0.2, -0.15) is 11.8 Å². The third kappa shape index (κ3) is 6.04. The fraction of sp³-hybridized carbons (Fsp3) is 0.414. The van der Waals surface area contributed by atoms with Gasteiger partial charge in [-0.15, -0.1) is 0 Å². The van der Waals surface area contributed by atoms with Crippen LogP contribution >= 0.6 is 23.4 Å². The number of esters is 1. The number of allylic oxidation sites excluding steroid dienone is 1. The van der Waals surface area contributed by atoms with Crippen molar-refractivity contribution in [3.8, 4) is 11.5 Å². The maximum Gasteiger partial charge on any atom is 0.336 e. The van der Waals surface area contributed by atoms with E-state index in [2.05, 4.69) is 6.92 Å². The Bertz CT molecular complexity index is 1220. The van der Waals surface area contributed by atoms with Crippen molar-refractivity contribution in [3.05, 3.63) is 69.9 Å². The molecule has 1 saturated carbocycles. The van der Waals surface area contributed by atoms with Crippen molar-refractivity contribution in [2.24, 2.45) is 10.9 Å². The van der Waals surface area contributed by atoms with E-state index in [9.17, 15) is 14.7 Å². The van der Waals surface area contributed by atoms with Crippen molar-refractivity contribution in [1.82, 2.24) is 0 Å². The fourth-order valence-electron chi connectivity index (χ4n) is 5.18. The molecule has 2 aromatic rings. The molecule has 6 nitrogen and oxygen atoms in total. The molecule has 1 heterocycles. The number of Topliss-reactive ketones (excluding diaryl/α,β-unsaturated/α-hetero) is 1. The molecule has 0 aromatic heterocycles. The van der Waals surface area contributed by atoms with Crippen molar-refractivity contribution in [2.45, 2.75) is 45.4 Å². The normalized spacial score (nSPS) is 21.4. The first-order valence-corrected chi connectivity index (χ1v) is 14.1. The SMILES string of the molecule is CCOc1cc([C@H]2C(C(=O)OCCSCC)=C(C)N=C3C[C@H](c4ccc(Cl)cc4)CC(=O)C32)ccc1O. The van der Waals surface area contributed by atoms with Crippen LogP contribution in [0.5, 0.6) is 11.5 Å². The largest absolute Gasteiger partial charge is 0.504 e. The molecule has 196 valence electrons. The zero-order chi connectivity index (χ0) is 26.5. The molecule has 1 aliphatic heterocycles. The Morgan fingerprint density at radius 2 is 1.84 bits per heavy atom. The molecule has 0 spiro atoms. The Hall–Kier alpha value is -2.77. The topological polar surface area (TPSA) is 85.2 Å². The standard InChI is InChI=1S/C29H32ClNO5S/c1-4-35-25-16-19(8-11-23(25)32)27-26(29(34)36-12-13-37-5-2)17(3)31-22-14-20(15-24(33)28(22)27)18-6-9-21(30)10-7-18/h6-11,16,20,27-28,32H,4-5,12-15H2,1-3H3/t20-,27-,28?/m0/s1.